The van der Waals surface area contributed by atoms with Crippen molar-refractivity contribution in [2.24, 2.45) is 0 Å². The van der Waals surface area contributed by atoms with Crippen LogP contribution in [0.25, 0.3) is 10.9 Å². The second-order valence-electron chi connectivity index (χ2n) is 7.12. The summed E-state index contributed by atoms with van der Waals surface area (Å²) in [5.41, 5.74) is 2.76. The number of aliphatic carboxylic acids is 1. The second-order valence-corrected chi connectivity index (χ2v) is 7.12. The molecule has 7 nitrogen and oxygen atoms in total. The smallest absolute Gasteiger partial charge is 0.325 e. The zero-order valence-corrected chi connectivity index (χ0v) is 16.6. The van der Waals surface area contributed by atoms with Crippen molar-refractivity contribution in [2.75, 3.05) is 45.3 Å². The third-order valence-corrected chi connectivity index (χ3v) is 5.55. The molecule has 1 aliphatic rings. The Morgan fingerprint density at radius 3 is 2.45 bits per heavy atom. The fourth-order valence-corrected chi connectivity index (χ4v) is 4.01. The molecule has 1 aromatic heterocycles. The first-order valence-corrected chi connectivity index (χ1v) is 9.61. The fraction of sp³-hybridized carbons (Fsp3) is 0.318. The quantitative estimate of drug-likeness (QED) is 0.668. The highest BCUT2D eigenvalue weighted by Crippen LogP contribution is 2.32. The Bertz CT molecular complexity index is 1010. The summed E-state index contributed by atoms with van der Waals surface area (Å²) in [7, 11) is 3.27. The number of ether oxygens (including phenoxy) is 2. The first-order valence-electron chi connectivity index (χ1n) is 9.61. The maximum atomic E-state index is 12.2. The standard InChI is InChI=1S/C22H25N3O4/c1-28-16-5-3-4-15(12-16)24-8-10-25(11-9-24)21(22(26)27)19-14-23-20-7-6-17(29-2)13-18(19)20/h3-7,12-14,21,23H,8-11H2,1-2H3,(H,26,27). The number of hydrogen-bond donors (Lipinski definition) is 2. The highest BCUT2D eigenvalue weighted by Gasteiger charge is 2.32. The summed E-state index contributed by atoms with van der Waals surface area (Å²) in [5.74, 6) is 0.690. The number of rotatable bonds is 6. The SMILES string of the molecule is COc1cccc(N2CCN(C(C(=O)O)c3c[nH]c4ccc(OC)cc34)CC2)c1. The van der Waals surface area contributed by atoms with Crippen molar-refractivity contribution in [1.29, 1.82) is 0 Å². The van der Waals surface area contributed by atoms with Crippen LogP contribution in [-0.4, -0.2) is 61.4 Å². The van der Waals surface area contributed by atoms with Crippen LogP contribution in [0.4, 0.5) is 5.69 Å². The van der Waals surface area contributed by atoms with Crippen LogP contribution in [0, 0.1) is 0 Å². The molecule has 3 aromatic rings. The fourth-order valence-electron chi connectivity index (χ4n) is 4.01. The molecule has 152 valence electrons. The average molecular weight is 395 g/mol. The molecule has 2 heterocycles. The molecule has 1 aliphatic heterocycles. The van der Waals surface area contributed by atoms with Gasteiger partial charge < -0.3 is 24.5 Å². The number of benzene rings is 2. The van der Waals surface area contributed by atoms with Crippen LogP contribution in [0.2, 0.25) is 0 Å². The van der Waals surface area contributed by atoms with Gasteiger partial charge in [-0.1, -0.05) is 6.07 Å². The molecule has 0 amide bonds. The lowest BCUT2D eigenvalue weighted by Crippen LogP contribution is -2.49. The number of anilines is 1. The Hall–Kier alpha value is -3.19. The predicted octanol–water partition coefficient (Wildman–Crippen LogP) is 3.13. The van der Waals surface area contributed by atoms with Gasteiger partial charge in [-0.05, 0) is 30.3 Å². The highest BCUT2D eigenvalue weighted by atomic mass is 16.5. The van der Waals surface area contributed by atoms with E-state index in [1.807, 2.05) is 41.3 Å². The van der Waals surface area contributed by atoms with Crippen LogP contribution in [0.3, 0.4) is 0 Å². The minimum absolute atomic E-state index is 0.658. The number of nitrogens with one attached hydrogen (secondary N) is 1. The van der Waals surface area contributed by atoms with Gasteiger partial charge in [0.15, 0.2) is 0 Å². The van der Waals surface area contributed by atoms with Gasteiger partial charge in [-0.2, -0.15) is 0 Å². The van der Waals surface area contributed by atoms with Crippen LogP contribution in [-0.2, 0) is 4.79 Å². The molecule has 1 saturated heterocycles. The van der Waals surface area contributed by atoms with E-state index in [4.69, 9.17) is 9.47 Å². The number of carboxylic acids is 1. The molecule has 0 saturated carbocycles. The maximum Gasteiger partial charge on any atom is 0.325 e. The number of fused-ring (bicyclic) bond motifs is 1. The van der Waals surface area contributed by atoms with E-state index in [0.717, 1.165) is 41.0 Å². The molecule has 0 aliphatic carbocycles. The van der Waals surface area contributed by atoms with Gasteiger partial charge >= 0.3 is 5.97 Å². The summed E-state index contributed by atoms with van der Waals surface area (Å²) in [5, 5.41) is 10.9. The number of carbonyl (C=O) groups is 1. The van der Waals surface area contributed by atoms with Crippen LogP contribution in [0.15, 0.2) is 48.7 Å². The van der Waals surface area contributed by atoms with Gasteiger partial charge in [-0.15, -0.1) is 0 Å². The number of aromatic nitrogens is 1. The second kappa shape index (κ2) is 8.05. The maximum absolute atomic E-state index is 12.2. The number of hydrogen-bond acceptors (Lipinski definition) is 5. The van der Waals surface area contributed by atoms with Crippen LogP contribution in [0.5, 0.6) is 11.5 Å². The molecule has 0 bridgehead atoms. The lowest BCUT2D eigenvalue weighted by Gasteiger charge is -2.38. The van der Waals surface area contributed by atoms with Crippen LogP contribution in [0.1, 0.15) is 11.6 Å². The molecule has 1 unspecified atom stereocenters. The molecule has 0 radical (unpaired) electrons. The van der Waals surface area contributed by atoms with Crippen molar-refractivity contribution in [2.45, 2.75) is 6.04 Å². The van der Waals surface area contributed by atoms with E-state index in [0.29, 0.717) is 18.8 Å². The molecule has 29 heavy (non-hydrogen) atoms. The van der Waals surface area contributed by atoms with Crippen molar-refractivity contribution in [1.82, 2.24) is 9.88 Å². The summed E-state index contributed by atoms with van der Waals surface area (Å²) < 4.78 is 10.6. The first-order chi connectivity index (χ1) is 14.1. The highest BCUT2D eigenvalue weighted by molar-refractivity contribution is 5.90. The number of aromatic amines is 1. The molecule has 0 spiro atoms. The molecule has 1 fully saturated rings. The Labute approximate surface area is 169 Å². The predicted molar refractivity (Wildman–Crippen MR) is 112 cm³/mol. The average Bonchev–Trinajstić information content (AvgIpc) is 3.17. The van der Waals surface area contributed by atoms with Gasteiger partial charge in [0.05, 0.1) is 14.2 Å². The van der Waals surface area contributed by atoms with E-state index in [1.165, 1.54) is 0 Å². The Morgan fingerprint density at radius 1 is 1.03 bits per heavy atom. The molecular formula is C22H25N3O4. The Morgan fingerprint density at radius 2 is 1.76 bits per heavy atom. The van der Waals surface area contributed by atoms with Gasteiger partial charge in [-0.3, -0.25) is 9.69 Å². The van der Waals surface area contributed by atoms with Crippen molar-refractivity contribution in [3.63, 3.8) is 0 Å². The number of nitrogens with zero attached hydrogens (tertiary/aromatic N) is 2. The zero-order valence-electron chi connectivity index (χ0n) is 16.6. The number of carboxylic acid groups (broad SMARTS) is 1. The summed E-state index contributed by atoms with van der Waals surface area (Å²) in [6.07, 6.45) is 1.80. The minimum Gasteiger partial charge on any atom is -0.497 e. The third-order valence-electron chi connectivity index (χ3n) is 5.55. The van der Waals surface area contributed by atoms with Crippen molar-refractivity contribution < 1.29 is 19.4 Å². The number of methoxy groups -OCH3 is 2. The Balaban J connectivity index is 1.56. The van der Waals surface area contributed by atoms with Gasteiger partial charge in [0, 0.05) is 60.6 Å². The minimum atomic E-state index is -0.844. The van der Waals surface area contributed by atoms with Gasteiger partial charge in [-0.25, -0.2) is 0 Å². The molecular weight excluding hydrogens is 370 g/mol. The topological polar surface area (TPSA) is 78.0 Å². The van der Waals surface area contributed by atoms with Gasteiger partial charge in [0.2, 0.25) is 0 Å². The zero-order chi connectivity index (χ0) is 20.4. The van der Waals surface area contributed by atoms with Crippen LogP contribution >= 0.6 is 0 Å². The largest absolute Gasteiger partial charge is 0.497 e. The summed E-state index contributed by atoms with van der Waals surface area (Å²) in [6, 6.07) is 12.9. The van der Waals surface area contributed by atoms with E-state index in [2.05, 4.69) is 16.0 Å². The van der Waals surface area contributed by atoms with Crippen molar-refractivity contribution >= 4 is 22.6 Å². The number of piperazine rings is 1. The van der Waals surface area contributed by atoms with E-state index in [-0.39, 0.29) is 0 Å². The van der Waals surface area contributed by atoms with Crippen LogP contribution < -0.4 is 14.4 Å². The van der Waals surface area contributed by atoms with Crippen molar-refractivity contribution in [3.05, 3.63) is 54.2 Å². The van der Waals surface area contributed by atoms with E-state index in [1.54, 1.807) is 20.4 Å². The Kier molecular flexibility index (Phi) is 5.31. The summed E-state index contributed by atoms with van der Waals surface area (Å²) in [4.78, 5) is 19.7. The van der Waals surface area contributed by atoms with Crippen molar-refractivity contribution in [3.8, 4) is 11.5 Å². The molecule has 4 rings (SSSR count). The molecule has 2 aromatic carbocycles. The van der Waals surface area contributed by atoms with E-state index < -0.39 is 12.0 Å². The normalized spacial score (nSPS) is 16.0. The summed E-state index contributed by atoms with van der Waals surface area (Å²) in [6.45, 7) is 2.82. The summed E-state index contributed by atoms with van der Waals surface area (Å²) >= 11 is 0. The van der Waals surface area contributed by atoms with Gasteiger partial charge in [0.1, 0.15) is 17.5 Å². The molecule has 1 atom stereocenters. The monoisotopic (exact) mass is 395 g/mol. The van der Waals surface area contributed by atoms with E-state index >= 15 is 0 Å². The molecule has 2 N–H and O–H groups in total. The lowest BCUT2D eigenvalue weighted by atomic mass is 10.0. The molecule has 7 heteroatoms. The van der Waals surface area contributed by atoms with Gasteiger partial charge in [0.25, 0.3) is 0 Å². The number of H-pyrrole nitrogens is 1. The first kappa shape index (κ1) is 19.1. The third kappa shape index (κ3) is 3.73. The lowest BCUT2D eigenvalue weighted by molar-refractivity contribution is -0.143. The van der Waals surface area contributed by atoms with E-state index in [9.17, 15) is 9.90 Å².